The minimum atomic E-state index is -0.345. The van der Waals surface area contributed by atoms with E-state index >= 15 is 0 Å². The molecule has 0 amide bonds. The van der Waals surface area contributed by atoms with E-state index in [1.807, 2.05) is 0 Å². The van der Waals surface area contributed by atoms with Gasteiger partial charge in [-0.15, -0.1) is 6.58 Å². The summed E-state index contributed by atoms with van der Waals surface area (Å²) in [5.74, 6) is -0.462. The van der Waals surface area contributed by atoms with E-state index in [-0.39, 0.29) is 24.6 Å². The average molecular weight is 222 g/mol. The van der Waals surface area contributed by atoms with Gasteiger partial charge in [0.25, 0.3) is 0 Å². The molecule has 0 fully saturated rings. The van der Waals surface area contributed by atoms with E-state index < -0.39 is 0 Å². The second kappa shape index (κ2) is 6.90. The molecule has 0 saturated carbocycles. The Balaban J connectivity index is 2.34. The van der Waals surface area contributed by atoms with Gasteiger partial charge in [-0.2, -0.15) is 0 Å². The largest absolute Gasteiger partial charge is 0.373 e. The van der Waals surface area contributed by atoms with Gasteiger partial charge in [-0.1, -0.05) is 24.3 Å². The normalized spacial score (nSPS) is 10.1. The quantitative estimate of drug-likeness (QED) is 0.523. The van der Waals surface area contributed by atoms with Gasteiger partial charge in [0.1, 0.15) is 12.4 Å². The first kappa shape index (κ1) is 12.6. The van der Waals surface area contributed by atoms with E-state index in [1.165, 1.54) is 6.07 Å². The molecule has 0 N–H and O–H groups in total. The van der Waals surface area contributed by atoms with Crippen LogP contribution in [0.25, 0.3) is 0 Å². The lowest BCUT2D eigenvalue weighted by molar-refractivity contribution is -0.122. The lowest BCUT2D eigenvalue weighted by atomic mass is 10.1. The summed E-state index contributed by atoms with van der Waals surface area (Å²) in [5, 5.41) is 0. The maximum atomic E-state index is 13.2. The summed E-state index contributed by atoms with van der Waals surface area (Å²) >= 11 is 0. The average Bonchev–Trinajstić information content (AvgIpc) is 2.28. The maximum absolute atomic E-state index is 13.2. The lowest BCUT2D eigenvalue weighted by Gasteiger charge is -2.03. The van der Waals surface area contributed by atoms with Crippen molar-refractivity contribution in [3.63, 3.8) is 0 Å². The third-order valence-electron chi connectivity index (χ3n) is 2.07. The van der Waals surface area contributed by atoms with Crippen LogP contribution in [0.5, 0.6) is 0 Å². The Bertz CT molecular complexity index is 361. The summed E-state index contributed by atoms with van der Waals surface area (Å²) in [6.07, 6.45) is 2.52. The van der Waals surface area contributed by atoms with Crippen molar-refractivity contribution in [2.24, 2.45) is 0 Å². The van der Waals surface area contributed by atoms with Crippen LogP contribution in [0.1, 0.15) is 12.0 Å². The van der Waals surface area contributed by atoms with Gasteiger partial charge in [0.2, 0.25) is 0 Å². The van der Waals surface area contributed by atoms with Crippen LogP contribution >= 0.6 is 0 Å². The van der Waals surface area contributed by atoms with Crippen molar-refractivity contribution in [1.29, 1.82) is 0 Å². The molecule has 1 aromatic rings. The monoisotopic (exact) mass is 222 g/mol. The number of Topliss-reactive ketones (excluding diaryl/α,β-unsaturated/α-hetero) is 1. The van der Waals surface area contributed by atoms with Crippen LogP contribution in [-0.4, -0.2) is 19.0 Å². The molecule has 0 unspecified atom stereocenters. The van der Waals surface area contributed by atoms with Gasteiger partial charge in [0.15, 0.2) is 5.78 Å². The van der Waals surface area contributed by atoms with E-state index in [0.29, 0.717) is 18.6 Å². The molecule has 16 heavy (non-hydrogen) atoms. The summed E-state index contributed by atoms with van der Waals surface area (Å²) < 4.78 is 18.3. The second-order valence-electron chi connectivity index (χ2n) is 3.44. The van der Waals surface area contributed by atoms with Crippen molar-refractivity contribution in [2.45, 2.75) is 12.8 Å². The van der Waals surface area contributed by atoms with Gasteiger partial charge in [0, 0.05) is 6.42 Å². The van der Waals surface area contributed by atoms with Crippen LogP contribution in [0, 0.1) is 5.82 Å². The Morgan fingerprint density at radius 2 is 2.19 bits per heavy atom. The highest BCUT2D eigenvalue weighted by atomic mass is 19.1. The van der Waals surface area contributed by atoms with E-state index in [2.05, 4.69) is 6.58 Å². The molecule has 0 radical (unpaired) electrons. The SMILES string of the molecule is C=CCCOCC(=O)Cc1ccccc1F. The first-order valence-corrected chi connectivity index (χ1v) is 5.17. The zero-order chi connectivity index (χ0) is 11.8. The van der Waals surface area contributed by atoms with Gasteiger partial charge in [-0.3, -0.25) is 4.79 Å². The summed E-state index contributed by atoms with van der Waals surface area (Å²) in [5.41, 5.74) is 0.417. The zero-order valence-corrected chi connectivity index (χ0v) is 9.12. The maximum Gasteiger partial charge on any atom is 0.162 e. The number of benzene rings is 1. The fraction of sp³-hybridized carbons (Fsp3) is 0.308. The number of halogens is 1. The molecule has 0 bridgehead atoms. The predicted molar refractivity (Wildman–Crippen MR) is 60.7 cm³/mol. The van der Waals surface area contributed by atoms with Crippen LogP contribution in [0.2, 0.25) is 0 Å². The molecular formula is C13H15FO2. The Labute approximate surface area is 94.7 Å². The van der Waals surface area contributed by atoms with Crippen LogP contribution in [0.3, 0.4) is 0 Å². The molecule has 0 saturated heterocycles. The lowest BCUT2D eigenvalue weighted by Crippen LogP contribution is -2.12. The number of rotatable bonds is 7. The van der Waals surface area contributed by atoms with Gasteiger partial charge >= 0.3 is 0 Å². The smallest absolute Gasteiger partial charge is 0.162 e. The van der Waals surface area contributed by atoms with Gasteiger partial charge in [0.05, 0.1) is 6.61 Å². The Kier molecular flexibility index (Phi) is 5.43. The molecule has 0 spiro atoms. The molecule has 0 aliphatic heterocycles. The highest BCUT2D eigenvalue weighted by molar-refractivity contribution is 5.82. The predicted octanol–water partition coefficient (Wildman–Crippen LogP) is 2.53. The summed E-state index contributed by atoms with van der Waals surface area (Å²) in [6, 6.07) is 6.27. The van der Waals surface area contributed by atoms with Crippen molar-refractivity contribution in [2.75, 3.05) is 13.2 Å². The second-order valence-corrected chi connectivity index (χ2v) is 3.44. The fourth-order valence-corrected chi connectivity index (χ4v) is 1.26. The Morgan fingerprint density at radius 3 is 2.88 bits per heavy atom. The Hall–Kier alpha value is -1.48. The number of hydrogen-bond donors (Lipinski definition) is 0. The number of ketones is 1. The van der Waals surface area contributed by atoms with Crippen LogP contribution in [0.15, 0.2) is 36.9 Å². The molecule has 1 rings (SSSR count). The Morgan fingerprint density at radius 1 is 1.44 bits per heavy atom. The molecule has 3 heteroatoms. The zero-order valence-electron chi connectivity index (χ0n) is 9.12. The molecule has 0 heterocycles. The molecule has 0 aromatic heterocycles. The molecule has 0 atom stereocenters. The number of carbonyl (C=O) groups excluding carboxylic acids is 1. The van der Waals surface area contributed by atoms with E-state index in [0.717, 1.165) is 0 Å². The van der Waals surface area contributed by atoms with E-state index in [4.69, 9.17) is 4.74 Å². The third kappa shape index (κ3) is 4.36. The van der Waals surface area contributed by atoms with Crippen molar-refractivity contribution in [3.05, 3.63) is 48.3 Å². The first-order chi connectivity index (χ1) is 7.74. The number of carbonyl (C=O) groups is 1. The number of ether oxygens (including phenoxy) is 1. The van der Waals surface area contributed by atoms with Gasteiger partial charge < -0.3 is 4.74 Å². The molecular weight excluding hydrogens is 207 g/mol. The highest BCUT2D eigenvalue weighted by Crippen LogP contribution is 2.07. The summed E-state index contributed by atoms with van der Waals surface area (Å²) in [6.45, 7) is 4.05. The minimum absolute atomic E-state index is 0.0299. The summed E-state index contributed by atoms with van der Waals surface area (Å²) in [7, 11) is 0. The van der Waals surface area contributed by atoms with Gasteiger partial charge in [-0.25, -0.2) is 4.39 Å². The van der Waals surface area contributed by atoms with Crippen molar-refractivity contribution >= 4 is 5.78 Å². The van der Waals surface area contributed by atoms with Crippen LogP contribution in [0.4, 0.5) is 4.39 Å². The first-order valence-electron chi connectivity index (χ1n) is 5.17. The molecule has 0 aliphatic rings. The molecule has 2 nitrogen and oxygen atoms in total. The van der Waals surface area contributed by atoms with Crippen molar-refractivity contribution in [1.82, 2.24) is 0 Å². The van der Waals surface area contributed by atoms with E-state index in [1.54, 1.807) is 24.3 Å². The van der Waals surface area contributed by atoms with Gasteiger partial charge in [-0.05, 0) is 18.1 Å². The summed E-state index contributed by atoms with van der Waals surface area (Å²) in [4.78, 5) is 11.4. The van der Waals surface area contributed by atoms with Crippen LogP contribution < -0.4 is 0 Å². The minimum Gasteiger partial charge on any atom is -0.373 e. The molecule has 0 aliphatic carbocycles. The topological polar surface area (TPSA) is 26.3 Å². The van der Waals surface area contributed by atoms with Crippen molar-refractivity contribution < 1.29 is 13.9 Å². The third-order valence-corrected chi connectivity index (χ3v) is 2.07. The standard InChI is InChI=1S/C13H15FO2/c1-2-3-8-16-10-12(15)9-11-6-4-5-7-13(11)14/h2,4-7H,1,3,8-10H2. The number of hydrogen-bond acceptors (Lipinski definition) is 2. The molecule has 1 aromatic carbocycles. The van der Waals surface area contributed by atoms with Crippen molar-refractivity contribution in [3.8, 4) is 0 Å². The fourth-order valence-electron chi connectivity index (χ4n) is 1.26. The van der Waals surface area contributed by atoms with E-state index in [9.17, 15) is 9.18 Å². The molecule has 86 valence electrons. The highest BCUT2D eigenvalue weighted by Gasteiger charge is 2.07. The van der Waals surface area contributed by atoms with Crippen LogP contribution in [-0.2, 0) is 16.0 Å².